The van der Waals surface area contributed by atoms with Gasteiger partial charge in [-0.1, -0.05) is 25.5 Å². The van der Waals surface area contributed by atoms with Crippen LogP contribution in [0.2, 0.25) is 0 Å². The van der Waals surface area contributed by atoms with Gasteiger partial charge < -0.3 is 24.6 Å². The molecule has 36 heavy (non-hydrogen) atoms. The van der Waals surface area contributed by atoms with Crippen molar-refractivity contribution in [1.82, 2.24) is 19.7 Å². The lowest BCUT2D eigenvalue weighted by atomic mass is 9.88. The molecule has 3 aliphatic rings. The number of carbonyl (C=O) groups is 1. The lowest BCUT2D eigenvalue weighted by molar-refractivity contribution is -0.127. The van der Waals surface area contributed by atoms with E-state index in [4.69, 9.17) is 4.74 Å². The van der Waals surface area contributed by atoms with E-state index >= 15 is 0 Å². The van der Waals surface area contributed by atoms with Crippen LogP contribution in [-0.4, -0.2) is 77.9 Å². The molecule has 4 heterocycles. The molecular formula is C28H38N4O4. The van der Waals surface area contributed by atoms with E-state index in [0.717, 1.165) is 36.6 Å². The number of nitrogens with zero attached hydrogens (tertiary/aromatic N) is 3. The second-order valence-electron chi connectivity index (χ2n) is 10.2. The number of aliphatic hydroxyl groups excluding tert-OH is 1. The van der Waals surface area contributed by atoms with Crippen LogP contribution in [-0.2, 0) is 11.3 Å². The molecule has 3 aliphatic heterocycles. The Morgan fingerprint density at radius 1 is 1.11 bits per heavy atom. The van der Waals surface area contributed by atoms with Crippen LogP contribution in [0.15, 0.2) is 41.2 Å². The third-order valence-corrected chi connectivity index (χ3v) is 8.40. The van der Waals surface area contributed by atoms with E-state index in [0.29, 0.717) is 25.2 Å². The number of fused-ring (bicyclic) bond motifs is 3. The number of carbonyl (C=O) groups excluding carboxylic acids is 1. The number of likely N-dealkylation sites (tertiary alicyclic amines) is 2. The molecule has 8 nitrogen and oxygen atoms in total. The fraction of sp³-hybridized carbons (Fsp3) is 0.571. The highest BCUT2D eigenvalue weighted by Gasteiger charge is 2.54. The molecule has 0 radical (unpaired) electrons. The Labute approximate surface area is 212 Å². The van der Waals surface area contributed by atoms with Crippen molar-refractivity contribution in [2.45, 2.75) is 44.8 Å². The van der Waals surface area contributed by atoms with Gasteiger partial charge in [0.2, 0.25) is 5.91 Å². The number of benzene rings is 1. The molecule has 2 N–H and O–H groups in total. The summed E-state index contributed by atoms with van der Waals surface area (Å²) in [6, 6.07) is 11.0. The number of ether oxygens (including phenoxy) is 1. The molecule has 194 valence electrons. The minimum Gasteiger partial charge on any atom is -0.497 e. The standard InChI is InChI=1S/C28H38N4O4/c1-3-31-25-22(23(18-33)26(31)27(34)29-13-16-30-14-5-4-6-15-30)17-32-24(25)12-11-21(28(32)35)19-7-9-20(36-2)10-8-19/h7-12,22-23,25-26,33H,3-6,13-18H2,1-2H3,(H,29,34)/t22-,23-,25+,26-/m0/s1. The number of hydrogen-bond donors (Lipinski definition) is 2. The number of amides is 1. The molecule has 5 rings (SSSR count). The monoisotopic (exact) mass is 494 g/mol. The molecule has 2 saturated heterocycles. The van der Waals surface area contributed by atoms with Crippen molar-refractivity contribution >= 4 is 5.91 Å². The molecular weight excluding hydrogens is 456 g/mol. The van der Waals surface area contributed by atoms with E-state index in [-0.39, 0.29) is 42.0 Å². The van der Waals surface area contributed by atoms with Gasteiger partial charge in [0.05, 0.1) is 19.2 Å². The fourth-order valence-corrected chi connectivity index (χ4v) is 6.60. The molecule has 0 unspecified atom stereocenters. The average molecular weight is 495 g/mol. The minimum atomic E-state index is -0.388. The first-order valence-corrected chi connectivity index (χ1v) is 13.3. The summed E-state index contributed by atoms with van der Waals surface area (Å²) in [4.78, 5) is 31.5. The van der Waals surface area contributed by atoms with Crippen molar-refractivity contribution in [3.63, 3.8) is 0 Å². The molecule has 0 saturated carbocycles. The second-order valence-corrected chi connectivity index (χ2v) is 10.2. The zero-order chi connectivity index (χ0) is 25.2. The molecule has 1 aromatic carbocycles. The van der Waals surface area contributed by atoms with Crippen molar-refractivity contribution in [3.8, 4) is 16.9 Å². The number of pyridine rings is 1. The normalized spacial score (nSPS) is 26.0. The maximum Gasteiger partial charge on any atom is 0.258 e. The second kappa shape index (κ2) is 10.7. The summed E-state index contributed by atoms with van der Waals surface area (Å²) in [5.74, 6) is 0.547. The maximum atomic E-state index is 13.5. The Morgan fingerprint density at radius 2 is 1.86 bits per heavy atom. The van der Waals surface area contributed by atoms with Gasteiger partial charge in [0.25, 0.3) is 5.56 Å². The Bertz CT molecular complexity index is 1130. The summed E-state index contributed by atoms with van der Waals surface area (Å²) < 4.78 is 7.10. The van der Waals surface area contributed by atoms with Gasteiger partial charge >= 0.3 is 0 Å². The quantitative estimate of drug-likeness (QED) is 0.585. The number of piperidine rings is 1. The van der Waals surface area contributed by atoms with Crippen LogP contribution in [0.4, 0.5) is 0 Å². The van der Waals surface area contributed by atoms with Crippen molar-refractivity contribution in [2.24, 2.45) is 11.8 Å². The topological polar surface area (TPSA) is 87.0 Å². The predicted octanol–water partition coefficient (Wildman–Crippen LogP) is 2.11. The van der Waals surface area contributed by atoms with Crippen molar-refractivity contribution in [1.29, 1.82) is 0 Å². The average Bonchev–Trinajstić information content (AvgIpc) is 3.44. The number of hydrogen-bond acceptors (Lipinski definition) is 6. The first-order valence-electron chi connectivity index (χ1n) is 13.3. The molecule has 4 atom stereocenters. The number of rotatable bonds is 8. The number of aromatic nitrogens is 1. The van der Waals surface area contributed by atoms with E-state index in [1.54, 1.807) is 7.11 Å². The zero-order valence-corrected chi connectivity index (χ0v) is 21.4. The first kappa shape index (κ1) is 25.0. The van der Waals surface area contributed by atoms with Gasteiger partial charge in [-0.2, -0.15) is 0 Å². The van der Waals surface area contributed by atoms with Crippen LogP contribution in [0, 0.1) is 11.8 Å². The highest BCUT2D eigenvalue weighted by atomic mass is 16.5. The first-order chi connectivity index (χ1) is 17.6. The van der Waals surface area contributed by atoms with Gasteiger partial charge in [-0.3, -0.25) is 14.5 Å². The molecule has 1 aromatic heterocycles. The highest BCUT2D eigenvalue weighted by Crippen LogP contribution is 2.49. The van der Waals surface area contributed by atoms with Crippen molar-refractivity contribution < 1.29 is 14.6 Å². The smallest absolute Gasteiger partial charge is 0.258 e. The lowest BCUT2D eigenvalue weighted by Crippen LogP contribution is -2.49. The van der Waals surface area contributed by atoms with Crippen LogP contribution in [0.25, 0.3) is 11.1 Å². The van der Waals surface area contributed by atoms with Gasteiger partial charge in [0, 0.05) is 49.3 Å². The Balaban J connectivity index is 1.35. The van der Waals surface area contributed by atoms with Gasteiger partial charge in [-0.25, -0.2) is 0 Å². The molecule has 1 amide bonds. The molecule has 0 bridgehead atoms. The summed E-state index contributed by atoms with van der Waals surface area (Å²) in [6.07, 6.45) is 3.76. The largest absolute Gasteiger partial charge is 0.497 e. The summed E-state index contributed by atoms with van der Waals surface area (Å²) in [6.45, 7) is 6.88. The van der Waals surface area contributed by atoms with Gasteiger partial charge in [-0.05, 0) is 62.3 Å². The Morgan fingerprint density at radius 3 is 2.53 bits per heavy atom. The molecule has 8 heteroatoms. The van der Waals surface area contributed by atoms with E-state index < -0.39 is 0 Å². The maximum absolute atomic E-state index is 13.5. The number of likely N-dealkylation sites (N-methyl/N-ethyl adjacent to an activating group) is 1. The van der Waals surface area contributed by atoms with Crippen LogP contribution in [0.5, 0.6) is 5.75 Å². The molecule has 0 spiro atoms. The Kier molecular flexibility index (Phi) is 7.46. The molecule has 0 aliphatic carbocycles. The summed E-state index contributed by atoms with van der Waals surface area (Å²) in [5, 5.41) is 13.5. The van der Waals surface area contributed by atoms with Crippen molar-refractivity contribution in [2.75, 3.05) is 46.4 Å². The van der Waals surface area contributed by atoms with Gasteiger partial charge in [0.15, 0.2) is 0 Å². The zero-order valence-electron chi connectivity index (χ0n) is 21.4. The molecule has 2 aromatic rings. The SMILES string of the molecule is CCN1[C@H](C(=O)NCCN2CCCCC2)[C@@H](CO)[C@@H]2Cn3c(ccc(-c4ccc(OC)cc4)c3=O)[C@@H]21. The van der Waals surface area contributed by atoms with Crippen LogP contribution in [0.1, 0.15) is 37.9 Å². The summed E-state index contributed by atoms with van der Waals surface area (Å²) in [7, 11) is 1.62. The number of nitrogens with one attached hydrogen (secondary N) is 1. The third kappa shape index (κ3) is 4.46. The lowest BCUT2D eigenvalue weighted by Gasteiger charge is -2.30. The third-order valence-electron chi connectivity index (χ3n) is 8.40. The number of aliphatic hydroxyl groups is 1. The minimum absolute atomic E-state index is 0.00828. The van der Waals surface area contributed by atoms with E-state index in [1.165, 1.54) is 19.3 Å². The van der Waals surface area contributed by atoms with E-state index in [9.17, 15) is 14.7 Å². The van der Waals surface area contributed by atoms with Crippen LogP contribution < -0.4 is 15.6 Å². The number of methoxy groups -OCH3 is 1. The predicted molar refractivity (Wildman–Crippen MR) is 139 cm³/mol. The summed E-state index contributed by atoms with van der Waals surface area (Å²) in [5.41, 5.74) is 2.41. The van der Waals surface area contributed by atoms with Crippen LogP contribution >= 0.6 is 0 Å². The molecule has 2 fully saturated rings. The van der Waals surface area contributed by atoms with E-state index in [1.807, 2.05) is 41.0 Å². The summed E-state index contributed by atoms with van der Waals surface area (Å²) >= 11 is 0. The van der Waals surface area contributed by atoms with Gasteiger partial charge in [0.1, 0.15) is 5.75 Å². The van der Waals surface area contributed by atoms with E-state index in [2.05, 4.69) is 22.0 Å². The van der Waals surface area contributed by atoms with Gasteiger partial charge in [-0.15, -0.1) is 0 Å². The Hall–Kier alpha value is -2.68. The highest BCUT2D eigenvalue weighted by molar-refractivity contribution is 5.82. The fourth-order valence-electron chi connectivity index (χ4n) is 6.60. The van der Waals surface area contributed by atoms with Crippen molar-refractivity contribution in [3.05, 3.63) is 52.4 Å². The van der Waals surface area contributed by atoms with Crippen LogP contribution in [0.3, 0.4) is 0 Å².